The SMILES string of the molecule is CCCC1NC(=O)C(CCC(=O)O)NC(=O)C(C(C)O)NC(=O)C(NC(=O)C(CCCN)NC(=O)C(CCC(=O)O)NC(=O)CC(O)CCCCCCCCCCC(C)CC)Cc2ccc(cc2)OC(=O)C(C(C)CC)NC(=O)C(Cc2ccc(O)cc2)NC(=O)C(CCC(N)=O)NC(=O)C2CCCN2C1=O. The summed E-state index contributed by atoms with van der Waals surface area (Å²) in [5, 5.41) is 74.6. The van der Waals surface area contributed by atoms with Crippen LogP contribution in [0.4, 0.5) is 0 Å². The number of hydrogen-bond acceptors (Lipinski definition) is 19. The molecule has 107 heavy (non-hydrogen) atoms. The van der Waals surface area contributed by atoms with Crippen LogP contribution < -0.4 is 64.1 Å². The highest BCUT2D eigenvalue weighted by Crippen LogP contribution is 2.24. The number of rotatable bonds is 38. The minimum atomic E-state index is -1.98. The number of carbonyl (C=O) groups excluding carboxylic acids is 12. The van der Waals surface area contributed by atoms with E-state index in [0.29, 0.717) is 24.8 Å². The van der Waals surface area contributed by atoms with E-state index in [4.69, 9.17) is 16.2 Å². The fraction of sp³-hybridized carbons (Fsp3) is 0.653. The van der Waals surface area contributed by atoms with Crippen molar-refractivity contribution in [3.05, 3.63) is 59.7 Å². The van der Waals surface area contributed by atoms with E-state index in [1.807, 2.05) is 0 Å². The van der Waals surface area contributed by atoms with Crippen molar-refractivity contribution in [3.8, 4) is 11.5 Å². The fourth-order valence-corrected chi connectivity index (χ4v) is 12.6. The monoisotopic (exact) mass is 1500 g/mol. The first-order valence-electron chi connectivity index (χ1n) is 37.8. The van der Waals surface area contributed by atoms with Crippen molar-refractivity contribution < 1.29 is 97.4 Å². The minimum absolute atomic E-state index is 0.0225. The normalized spacial score (nSPS) is 22.0. The Balaban J connectivity index is 1.77. The molecule has 32 nitrogen and oxygen atoms in total. The zero-order valence-electron chi connectivity index (χ0n) is 62.7. The molecule has 3 aliphatic rings. The van der Waals surface area contributed by atoms with Crippen LogP contribution >= 0.6 is 0 Å². The van der Waals surface area contributed by atoms with Gasteiger partial charge in [0, 0.05) is 38.6 Å². The highest BCUT2D eigenvalue weighted by atomic mass is 16.5. The van der Waals surface area contributed by atoms with Crippen LogP contribution in [-0.4, -0.2) is 199 Å². The first kappa shape index (κ1) is 90.1. The highest BCUT2D eigenvalue weighted by molar-refractivity contribution is 5.99. The maximum atomic E-state index is 14.9. The molecule has 2 bridgehead atoms. The lowest BCUT2D eigenvalue weighted by Crippen LogP contribution is -2.62. The van der Waals surface area contributed by atoms with E-state index in [0.717, 1.165) is 44.9 Å². The number of nitrogens with zero attached hydrogens (tertiary/aromatic N) is 1. The molecule has 32 heteroatoms. The third-order valence-electron chi connectivity index (χ3n) is 19.4. The van der Waals surface area contributed by atoms with Crippen LogP contribution in [-0.2, 0) is 80.0 Å². The van der Waals surface area contributed by atoms with Crippen molar-refractivity contribution in [2.24, 2.45) is 23.3 Å². The van der Waals surface area contributed by atoms with Gasteiger partial charge in [-0.1, -0.05) is 136 Å². The number of phenols is 1. The lowest BCUT2D eigenvalue weighted by atomic mass is 9.97. The van der Waals surface area contributed by atoms with E-state index < -0.39 is 206 Å². The van der Waals surface area contributed by atoms with Crippen molar-refractivity contribution in [2.75, 3.05) is 13.1 Å². The summed E-state index contributed by atoms with van der Waals surface area (Å²) in [5.41, 5.74) is 12.1. The number of carboxylic acids is 2. The molecule has 596 valence electrons. The van der Waals surface area contributed by atoms with Crippen molar-refractivity contribution in [1.29, 1.82) is 0 Å². The van der Waals surface area contributed by atoms with Gasteiger partial charge >= 0.3 is 17.9 Å². The first-order chi connectivity index (χ1) is 50.9. The van der Waals surface area contributed by atoms with E-state index in [2.05, 4.69) is 61.7 Å². The molecular weight excluding hydrogens is 1390 g/mol. The van der Waals surface area contributed by atoms with E-state index in [1.165, 1.54) is 79.1 Å². The number of carboxylic acid groups (broad SMARTS) is 2. The van der Waals surface area contributed by atoms with Gasteiger partial charge in [0.25, 0.3) is 0 Å². The van der Waals surface area contributed by atoms with Crippen LogP contribution in [0.1, 0.15) is 213 Å². The van der Waals surface area contributed by atoms with Crippen LogP contribution in [0.25, 0.3) is 0 Å². The molecule has 2 aromatic rings. The molecule has 0 aliphatic carbocycles. The minimum Gasteiger partial charge on any atom is -0.508 e. The second-order valence-electron chi connectivity index (χ2n) is 28.3. The van der Waals surface area contributed by atoms with Gasteiger partial charge in [-0.15, -0.1) is 0 Å². The number of aliphatic hydroxyl groups excluding tert-OH is 2. The average Bonchev–Trinajstić information content (AvgIpc) is 1.81. The van der Waals surface area contributed by atoms with Gasteiger partial charge in [-0.3, -0.25) is 62.3 Å². The van der Waals surface area contributed by atoms with Gasteiger partial charge in [0.05, 0.1) is 18.6 Å². The largest absolute Gasteiger partial charge is 0.508 e. The Morgan fingerprint density at radius 1 is 0.589 bits per heavy atom. The smallest absolute Gasteiger partial charge is 0.334 e. The Kier molecular flexibility index (Phi) is 39.9. The third-order valence-corrected chi connectivity index (χ3v) is 19.4. The maximum Gasteiger partial charge on any atom is 0.334 e. The molecule has 2 aromatic carbocycles. The molecular formula is C75H116N12O20. The molecule has 11 amide bonds. The van der Waals surface area contributed by atoms with Crippen molar-refractivity contribution in [2.45, 2.75) is 288 Å². The Morgan fingerprint density at radius 3 is 1.73 bits per heavy atom. The number of fused-ring (bicyclic) bond motifs is 23. The van der Waals surface area contributed by atoms with Crippen molar-refractivity contribution >= 4 is 82.9 Å². The molecule has 0 spiro atoms. The van der Waals surface area contributed by atoms with Crippen LogP contribution in [0.2, 0.25) is 0 Å². The zero-order valence-corrected chi connectivity index (χ0v) is 62.7. The Bertz CT molecular complexity index is 3270. The molecule has 18 N–H and O–H groups in total. The number of unbranched alkanes of at least 4 members (excludes halogenated alkanes) is 7. The highest BCUT2D eigenvalue weighted by Gasteiger charge is 2.42. The maximum absolute atomic E-state index is 14.9. The number of esters is 1. The van der Waals surface area contributed by atoms with E-state index in [9.17, 15) is 92.7 Å². The standard InChI is InChI=1S/C75H116N12O20/c1-7-20-56-74(105)87-40-19-24-59(87)72(103)80-54(33-36-60(77)91)69(100)84-57(41-47-25-29-49(89)30-26-47)70(101)85-64(45(5)9-3)75(106)107-51-31-27-48(28-32-51)42-58(71(102)86-65(46(6)88)73(104)81-55(68(99)82-56)35-38-63(95)96)83-66(97)52(23-18-39-76)79-67(98)53(34-37-62(93)94)78-61(92)43-50(90)22-17-15-13-11-10-12-14-16-21-44(4)8-2/h25-32,44-46,50,52-59,64-65,88-90H,7-24,33-43,76H2,1-6H3,(H2,77,91)(H,78,92)(H,79,98)(H,80,103)(H,81,104)(H,82,99)(H,83,97)(H,84,100)(H,85,101)(H,86,102)(H,93,94)(H,95,96). The van der Waals surface area contributed by atoms with Crippen LogP contribution in [0.3, 0.4) is 0 Å². The number of carbonyl (C=O) groups is 14. The molecule has 1 saturated heterocycles. The predicted molar refractivity (Wildman–Crippen MR) is 392 cm³/mol. The summed E-state index contributed by atoms with van der Waals surface area (Å²) in [6.45, 7) is 10.6. The van der Waals surface area contributed by atoms with Gasteiger partial charge in [-0.2, -0.15) is 0 Å². The van der Waals surface area contributed by atoms with Crippen LogP contribution in [0, 0.1) is 11.8 Å². The van der Waals surface area contributed by atoms with E-state index in [1.54, 1.807) is 20.8 Å². The predicted octanol–water partition coefficient (Wildman–Crippen LogP) is 2.11. The lowest BCUT2D eigenvalue weighted by molar-refractivity contribution is -0.143. The lowest BCUT2D eigenvalue weighted by Gasteiger charge is -2.31. The molecule has 14 unspecified atom stereocenters. The van der Waals surface area contributed by atoms with Gasteiger partial charge in [-0.25, -0.2) is 4.79 Å². The number of aliphatic hydroxyl groups is 2. The van der Waals surface area contributed by atoms with Crippen LogP contribution in [0.5, 0.6) is 11.5 Å². The summed E-state index contributed by atoms with van der Waals surface area (Å²) in [5.74, 6) is -14.5. The quantitative estimate of drug-likeness (QED) is 0.0198. The summed E-state index contributed by atoms with van der Waals surface area (Å²) in [4.78, 5) is 196. The van der Waals surface area contributed by atoms with Crippen molar-refractivity contribution in [1.82, 2.24) is 52.8 Å². The number of benzene rings is 2. The van der Waals surface area contributed by atoms with Gasteiger partial charge in [0.15, 0.2) is 0 Å². The number of primary amides is 1. The van der Waals surface area contributed by atoms with Crippen LogP contribution in [0.15, 0.2) is 48.5 Å². The Labute approximate surface area is 625 Å². The molecule has 0 aromatic heterocycles. The summed E-state index contributed by atoms with van der Waals surface area (Å²) in [7, 11) is 0. The summed E-state index contributed by atoms with van der Waals surface area (Å²) in [6, 6.07) is -4.78. The molecule has 3 heterocycles. The topological polar surface area (TPSA) is 513 Å². The Hall–Kier alpha value is -9.30. The van der Waals surface area contributed by atoms with Gasteiger partial charge in [-0.05, 0) is 118 Å². The molecule has 14 atom stereocenters. The van der Waals surface area contributed by atoms with Gasteiger partial charge < -0.3 is 94.5 Å². The number of nitrogens with two attached hydrogens (primary N) is 2. The third kappa shape index (κ3) is 32.4. The van der Waals surface area contributed by atoms with E-state index >= 15 is 0 Å². The molecule has 3 aliphatic heterocycles. The molecule has 0 saturated carbocycles. The second kappa shape index (κ2) is 47.4. The number of ether oxygens (including phenoxy) is 1. The molecule has 1 fully saturated rings. The number of hydrogen-bond donors (Lipinski definition) is 16. The first-order valence-corrected chi connectivity index (χ1v) is 37.8. The molecule has 5 rings (SSSR count). The van der Waals surface area contributed by atoms with E-state index in [-0.39, 0.29) is 81.5 Å². The molecule has 0 radical (unpaired) electrons. The average molecular weight is 1510 g/mol. The van der Waals surface area contributed by atoms with Gasteiger partial charge in [0.1, 0.15) is 71.9 Å². The number of aromatic hydroxyl groups is 1. The Morgan fingerprint density at radius 2 is 1.15 bits per heavy atom. The second-order valence-corrected chi connectivity index (χ2v) is 28.3. The summed E-state index contributed by atoms with van der Waals surface area (Å²) < 4.78 is 5.84. The van der Waals surface area contributed by atoms with Crippen molar-refractivity contribution in [3.63, 3.8) is 0 Å². The zero-order chi connectivity index (χ0) is 79.3. The number of amides is 11. The summed E-state index contributed by atoms with van der Waals surface area (Å²) >= 11 is 0. The number of nitrogens with one attached hydrogen (secondary N) is 9. The number of phenolic OH excluding ortho intramolecular Hbond substituents is 1. The van der Waals surface area contributed by atoms with Gasteiger partial charge in [0.2, 0.25) is 65.0 Å². The summed E-state index contributed by atoms with van der Waals surface area (Å²) in [6.07, 6.45) is 4.23. The fourth-order valence-electron chi connectivity index (χ4n) is 12.6. The number of aliphatic carboxylic acids is 2.